The van der Waals surface area contributed by atoms with Gasteiger partial charge in [-0.1, -0.05) is 12.1 Å². The smallest absolute Gasteiger partial charge is 0.222 e. The van der Waals surface area contributed by atoms with E-state index in [0.29, 0.717) is 19.5 Å². The Morgan fingerprint density at radius 3 is 3.13 bits per heavy atom. The number of rotatable bonds is 5. The number of imidazole rings is 1. The van der Waals surface area contributed by atoms with Crippen molar-refractivity contribution >= 4 is 16.9 Å². The molecule has 2 aromatic heterocycles. The van der Waals surface area contributed by atoms with Gasteiger partial charge in [0.15, 0.2) is 5.82 Å². The van der Waals surface area contributed by atoms with Crippen LogP contribution in [0.5, 0.6) is 0 Å². The number of amides is 1. The summed E-state index contributed by atoms with van der Waals surface area (Å²) in [6.45, 7) is 2.01. The molecule has 1 N–H and O–H groups in total. The van der Waals surface area contributed by atoms with Crippen LogP contribution in [0.4, 0.5) is 0 Å². The summed E-state index contributed by atoms with van der Waals surface area (Å²) < 4.78 is 4.10. The maximum absolute atomic E-state index is 12.1. The van der Waals surface area contributed by atoms with Crippen LogP contribution in [-0.4, -0.2) is 30.2 Å². The Bertz CT molecular complexity index is 849. The molecule has 118 valence electrons. The number of carbonyl (C=O) groups excluding carboxylic acids is 1. The van der Waals surface area contributed by atoms with Crippen LogP contribution in [0, 0.1) is 0 Å². The Kier molecular flexibility index (Phi) is 3.53. The van der Waals surface area contributed by atoms with E-state index in [9.17, 15) is 4.79 Å². The Morgan fingerprint density at radius 2 is 2.17 bits per heavy atom. The van der Waals surface area contributed by atoms with Crippen molar-refractivity contribution in [2.24, 2.45) is 0 Å². The number of fused-ring (bicyclic) bond motifs is 2. The van der Waals surface area contributed by atoms with E-state index in [2.05, 4.69) is 25.1 Å². The van der Waals surface area contributed by atoms with Crippen molar-refractivity contribution < 1.29 is 4.79 Å². The number of hydrogen-bond donors (Lipinski definition) is 1. The third-order valence-corrected chi connectivity index (χ3v) is 4.24. The van der Waals surface area contributed by atoms with Gasteiger partial charge in [0.1, 0.15) is 5.82 Å². The average Bonchev–Trinajstić information content (AvgIpc) is 3.27. The van der Waals surface area contributed by atoms with Crippen molar-refractivity contribution in [2.75, 3.05) is 0 Å². The lowest BCUT2D eigenvalue weighted by Crippen LogP contribution is -2.25. The second-order valence-electron chi connectivity index (χ2n) is 5.74. The minimum Gasteiger partial charge on any atom is -0.349 e. The number of aryl methyl sites for hydroxylation is 2. The Morgan fingerprint density at radius 1 is 1.26 bits per heavy atom. The molecule has 4 rings (SSSR count). The fourth-order valence-electron chi connectivity index (χ4n) is 3.02. The van der Waals surface area contributed by atoms with Gasteiger partial charge in [0, 0.05) is 25.9 Å². The van der Waals surface area contributed by atoms with Gasteiger partial charge in [0.25, 0.3) is 0 Å². The first-order valence-electron chi connectivity index (χ1n) is 7.89. The maximum atomic E-state index is 12.1. The van der Waals surface area contributed by atoms with Crippen molar-refractivity contribution in [3.05, 3.63) is 42.2 Å². The van der Waals surface area contributed by atoms with E-state index >= 15 is 0 Å². The molecule has 23 heavy (non-hydrogen) atoms. The van der Waals surface area contributed by atoms with E-state index in [-0.39, 0.29) is 5.91 Å². The van der Waals surface area contributed by atoms with Gasteiger partial charge < -0.3 is 14.5 Å². The zero-order chi connectivity index (χ0) is 15.6. The highest BCUT2D eigenvalue weighted by Gasteiger charge is 2.17. The van der Waals surface area contributed by atoms with Gasteiger partial charge in [0.2, 0.25) is 5.91 Å². The van der Waals surface area contributed by atoms with E-state index in [4.69, 9.17) is 0 Å². The molecular weight excluding hydrogens is 292 g/mol. The molecule has 1 aromatic carbocycles. The Labute approximate surface area is 133 Å². The molecule has 3 heterocycles. The van der Waals surface area contributed by atoms with E-state index < -0.39 is 0 Å². The minimum absolute atomic E-state index is 0.0122. The summed E-state index contributed by atoms with van der Waals surface area (Å²) in [5.74, 6) is 1.89. The van der Waals surface area contributed by atoms with Gasteiger partial charge in [-0.2, -0.15) is 0 Å². The third kappa shape index (κ3) is 2.69. The zero-order valence-electron chi connectivity index (χ0n) is 12.8. The van der Waals surface area contributed by atoms with Crippen LogP contribution >= 0.6 is 0 Å². The summed E-state index contributed by atoms with van der Waals surface area (Å²) in [4.78, 5) is 16.4. The summed E-state index contributed by atoms with van der Waals surface area (Å²) in [6, 6.07) is 7.92. The van der Waals surface area contributed by atoms with E-state index in [1.165, 1.54) is 0 Å². The van der Waals surface area contributed by atoms with Crippen molar-refractivity contribution in [3.63, 3.8) is 0 Å². The quantitative estimate of drug-likeness (QED) is 0.770. The van der Waals surface area contributed by atoms with Gasteiger partial charge in [-0.05, 0) is 18.6 Å². The largest absolute Gasteiger partial charge is 0.349 e. The zero-order valence-corrected chi connectivity index (χ0v) is 12.8. The van der Waals surface area contributed by atoms with Crippen molar-refractivity contribution in [3.8, 4) is 0 Å². The van der Waals surface area contributed by atoms with Gasteiger partial charge >= 0.3 is 0 Å². The summed E-state index contributed by atoms with van der Waals surface area (Å²) >= 11 is 0. The lowest BCUT2D eigenvalue weighted by molar-refractivity contribution is -0.121. The molecule has 0 bridgehead atoms. The van der Waals surface area contributed by atoms with Crippen LogP contribution in [0.15, 0.2) is 30.6 Å². The van der Waals surface area contributed by atoms with Crippen LogP contribution in [0.2, 0.25) is 0 Å². The van der Waals surface area contributed by atoms with Gasteiger partial charge in [0.05, 0.1) is 23.9 Å². The van der Waals surface area contributed by atoms with Gasteiger partial charge in [-0.3, -0.25) is 4.79 Å². The molecule has 0 unspecified atom stereocenters. The number of aromatic nitrogens is 5. The topological polar surface area (TPSA) is 77.6 Å². The van der Waals surface area contributed by atoms with Crippen LogP contribution in [0.1, 0.15) is 24.5 Å². The molecule has 0 aliphatic carbocycles. The molecule has 3 aromatic rings. The highest BCUT2D eigenvalue weighted by Crippen LogP contribution is 2.14. The van der Waals surface area contributed by atoms with E-state index in [1.807, 2.05) is 28.8 Å². The predicted molar refractivity (Wildman–Crippen MR) is 84.5 cm³/mol. The fourth-order valence-corrected chi connectivity index (χ4v) is 3.02. The lowest BCUT2D eigenvalue weighted by atomic mass is 10.3. The third-order valence-electron chi connectivity index (χ3n) is 4.24. The average molecular weight is 310 g/mol. The first kappa shape index (κ1) is 13.9. The Hall–Kier alpha value is -2.70. The molecule has 0 saturated heterocycles. The van der Waals surface area contributed by atoms with Crippen molar-refractivity contribution in [1.82, 2.24) is 29.6 Å². The Balaban J connectivity index is 1.33. The summed E-state index contributed by atoms with van der Waals surface area (Å²) in [7, 11) is 0. The molecule has 1 aliphatic rings. The van der Waals surface area contributed by atoms with Gasteiger partial charge in [-0.15, -0.1) is 10.2 Å². The molecule has 0 spiro atoms. The SMILES string of the molecule is O=C(CCn1cnc2ccccc21)NCc1nnc2n1CCC2. The van der Waals surface area contributed by atoms with Crippen LogP contribution in [0.25, 0.3) is 11.0 Å². The summed E-state index contributed by atoms with van der Waals surface area (Å²) in [6.07, 6.45) is 4.29. The van der Waals surface area contributed by atoms with Crippen molar-refractivity contribution in [2.45, 2.75) is 38.9 Å². The number of hydrogen-bond acceptors (Lipinski definition) is 4. The lowest BCUT2D eigenvalue weighted by Gasteiger charge is -2.07. The normalized spacial score (nSPS) is 13.4. The highest BCUT2D eigenvalue weighted by atomic mass is 16.1. The minimum atomic E-state index is 0.0122. The van der Waals surface area contributed by atoms with Crippen LogP contribution < -0.4 is 5.32 Å². The molecule has 1 aliphatic heterocycles. The van der Waals surface area contributed by atoms with Crippen molar-refractivity contribution in [1.29, 1.82) is 0 Å². The number of nitrogens with one attached hydrogen (secondary N) is 1. The highest BCUT2D eigenvalue weighted by molar-refractivity contribution is 5.77. The number of nitrogens with zero attached hydrogens (tertiary/aromatic N) is 5. The number of carbonyl (C=O) groups is 1. The molecule has 7 nitrogen and oxygen atoms in total. The summed E-state index contributed by atoms with van der Waals surface area (Å²) in [5, 5.41) is 11.2. The predicted octanol–water partition coefficient (Wildman–Crippen LogP) is 1.28. The summed E-state index contributed by atoms with van der Waals surface area (Å²) in [5.41, 5.74) is 2.00. The monoisotopic (exact) mass is 310 g/mol. The fraction of sp³-hybridized carbons (Fsp3) is 0.375. The molecule has 7 heteroatoms. The number of benzene rings is 1. The second-order valence-corrected chi connectivity index (χ2v) is 5.74. The standard InChI is InChI=1S/C16H18N6O/c23-16(17-10-15-20-19-14-6-3-8-22(14)15)7-9-21-11-18-12-4-1-2-5-13(12)21/h1-2,4-5,11H,3,6-10H2,(H,17,23). The second kappa shape index (κ2) is 5.83. The molecule has 0 fully saturated rings. The number of para-hydroxylation sites is 2. The van der Waals surface area contributed by atoms with Crippen LogP contribution in [-0.2, 0) is 30.8 Å². The first-order chi connectivity index (χ1) is 11.3. The molecular formula is C16H18N6O. The van der Waals surface area contributed by atoms with E-state index in [0.717, 1.165) is 42.1 Å². The van der Waals surface area contributed by atoms with Gasteiger partial charge in [-0.25, -0.2) is 4.98 Å². The molecule has 0 atom stereocenters. The van der Waals surface area contributed by atoms with E-state index in [1.54, 1.807) is 6.33 Å². The first-order valence-corrected chi connectivity index (χ1v) is 7.89. The molecule has 0 saturated carbocycles. The molecule has 1 amide bonds. The maximum Gasteiger partial charge on any atom is 0.222 e. The van der Waals surface area contributed by atoms with Crippen LogP contribution in [0.3, 0.4) is 0 Å². The molecule has 0 radical (unpaired) electrons.